The van der Waals surface area contributed by atoms with Crippen LogP contribution in [0.15, 0.2) is 102 Å². The monoisotopic (exact) mass is 370 g/mol. The summed E-state index contributed by atoms with van der Waals surface area (Å²) in [6.45, 7) is 3.35. The maximum atomic E-state index is 13.0. The van der Waals surface area contributed by atoms with E-state index in [1.807, 2.05) is 36.4 Å². The standard InChI is InChI=1S/C23H18N2O3/c1-2-21(26)28-16-18-12-9-15-20(23(27)17-10-5-3-6-11-17)22(18)25-24-19-13-7-4-8-14-19/h2-15H,1,16H2. The van der Waals surface area contributed by atoms with Crippen LogP contribution in [0.5, 0.6) is 0 Å². The minimum atomic E-state index is -0.550. The summed E-state index contributed by atoms with van der Waals surface area (Å²) in [4.78, 5) is 24.5. The first-order valence-electron chi connectivity index (χ1n) is 8.66. The van der Waals surface area contributed by atoms with E-state index < -0.39 is 5.97 Å². The molecule has 3 aromatic rings. The lowest BCUT2D eigenvalue weighted by molar-refractivity contribution is -0.138. The summed E-state index contributed by atoms with van der Waals surface area (Å²) in [6, 6.07) is 23.3. The van der Waals surface area contributed by atoms with Crippen molar-refractivity contribution in [2.45, 2.75) is 6.61 Å². The molecule has 0 radical (unpaired) electrons. The minimum absolute atomic E-state index is 0.0378. The van der Waals surface area contributed by atoms with Crippen LogP contribution in [0.25, 0.3) is 0 Å². The third kappa shape index (κ3) is 4.65. The first kappa shape index (κ1) is 18.9. The average Bonchev–Trinajstić information content (AvgIpc) is 2.76. The lowest BCUT2D eigenvalue weighted by Crippen LogP contribution is -2.05. The molecule has 0 spiro atoms. The van der Waals surface area contributed by atoms with E-state index in [4.69, 9.17) is 4.74 Å². The SMILES string of the molecule is C=CC(=O)OCc1cccc(C(=O)c2ccccc2)c1N=Nc1ccccc1. The number of carbonyl (C=O) groups excluding carboxylic acids is 2. The van der Waals surface area contributed by atoms with Crippen molar-refractivity contribution in [1.82, 2.24) is 0 Å². The van der Waals surface area contributed by atoms with Gasteiger partial charge in [-0.1, -0.05) is 67.2 Å². The summed E-state index contributed by atoms with van der Waals surface area (Å²) in [6.07, 6.45) is 1.09. The third-order valence-corrected chi connectivity index (χ3v) is 3.96. The Bertz CT molecular complexity index is 1010. The van der Waals surface area contributed by atoms with E-state index >= 15 is 0 Å². The van der Waals surface area contributed by atoms with Gasteiger partial charge >= 0.3 is 5.97 Å². The molecule has 138 valence electrons. The number of ether oxygens (including phenoxy) is 1. The highest BCUT2D eigenvalue weighted by Gasteiger charge is 2.17. The number of benzene rings is 3. The number of nitrogens with zero attached hydrogens (tertiary/aromatic N) is 2. The zero-order valence-electron chi connectivity index (χ0n) is 15.1. The second kappa shape index (κ2) is 9.19. The number of carbonyl (C=O) groups is 2. The first-order chi connectivity index (χ1) is 13.7. The number of rotatable bonds is 7. The summed E-state index contributed by atoms with van der Waals surface area (Å²) < 4.78 is 5.14. The van der Waals surface area contributed by atoms with Gasteiger partial charge in [-0.2, -0.15) is 5.11 Å². The molecule has 0 aliphatic heterocycles. The van der Waals surface area contributed by atoms with Crippen LogP contribution < -0.4 is 0 Å². The summed E-state index contributed by atoms with van der Waals surface area (Å²) in [5.74, 6) is -0.731. The number of hydrogen-bond acceptors (Lipinski definition) is 5. The van der Waals surface area contributed by atoms with Gasteiger partial charge in [0.05, 0.1) is 11.3 Å². The molecule has 3 rings (SSSR count). The van der Waals surface area contributed by atoms with Gasteiger partial charge in [0.25, 0.3) is 0 Å². The molecule has 5 nitrogen and oxygen atoms in total. The Morgan fingerprint density at radius 3 is 2.21 bits per heavy atom. The van der Waals surface area contributed by atoms with Crippen LogP contribution in [0.4, 0.5) is 11.4 Å². The van der Waals surface area contributed by atoms with Crippen molar-refractivity contribution < 1.29 is 14.3 Å². The number of hydrogen-bond donors (Lipinski definition) is 0. The molecule has 3 aromatic carbocycles. The number of ketones is 1. The van der Waals surface area contributed by atoms with Crippen LogP contribution in [0.3, 0.4) is 0 Å². The fourth-order valence-electron chi connectivity index (χ4n) is 2.56. The molecule has 0 bridgehead atoms. The van der Waals surface area contributed by atoms with Gasteiger partial charge in [0.2, 0.25) is 0 Å². The molecule has 0 aliphatic rings. The topological polar surface area (TPSA) is 68.1 Å². The van der Waals surface area contributed by atoms with E-state index in [1.165, 1.54) is 0 Å². The minimum Gasteiger partial charge on any atom is -0.458 e. The lowest BCUT2D eigenvalue weighted by Gasteiger charge is -2.10. The van der Waals surface area contributed by atoms with Crippen molar-refractivity contribution in [2.24, 2.45) is 10.2 Å². The highest BCUT2D eigenvalue weighted by atomic mass is 16.5. The molecule has 0 saturated heterocycles. The van der Waals surface area contributed by atoms with Crippen LogP contribution in [0, 0.1) is 0 Å². The van der Waals surface area contributed by atoms with Gasteiger partial charge in [-0.15, -0.1) is 5.11 Å². The Hall–Kier alpha value is -3.86. The quantitative estimate of drug-likeness (QED) is 0.236. The molecular weight excluding hydrogens is 352 g/mol. The molecule has 0 aromatic heterocycles. The van der Waals surface area contributed by atoms with Gasteiger partial charge in [0, 0.05) is 17.2 Å². The molecule has 0 atom stereocenters. The summed E-state index contributed by atoms with van der Waals surface area (Å²) >= 11 is 0. The van der Waals surface area contributed by atoms with Crippen molar-refractivity contribution in [3.63, 3.8) is 0 Å². The van der Waals surface area contributed by atoms with Crippen LogP contribution in [-0.4, -0.2) is 11.8 Å². The molecule has 0 N–H and O–H groups in total. The Morgan fingerprint density at radius 1 is 0.857 bits per heavy atom. The van der Waals surface area contributed by atoms with Crippen molar-refractivity contribution in [1.29, 1.82) is 0 Å². The maximum absolute atomic E-state index is 13.0. The van der Waals surface area contributed by atoms with Gasteiger partial charge in [0.15, 0.2) is 5.78 Å². The first-order valence-corrected chi connectivity index (χ1v) is 8.66. The van der Waals surface area contributed by atoms with Gasteiger partial charge in [-0.25, -0.2) is 4.79 Å². The summed E-state index contributed by atoms with van der Waals surface area (Å²) in [7, 11) is 0. The summed E-state index contributed by atoms with van der Waals surface area (Å²) in [5.41, 5.74) is 2.53. The zero-order valence-corrected chi connectivity index (χ0v) is 15.1. The molecule has 28 heavy (non-hydrogen) atoms. The van der Waals surface area contributed by atoms with Gasteiger partial charge in [0.1, 0.15) is 12.3 Å². The normalized spacial score (nSPS) is 10.6. The number of esters is 1. The third-order valence-electron chi connectivity index (χ3n) is 3.96. The van der Waals surface area contributed by atoms with Crippen LogP contribution in [0.1, 0.15) is 21.5 Å². The van der Waals surface area contributed by atoms with E-state index in [0.29, 0.717) is 28.1 Å². The molecular formula is C23H18N2O3. The fraction of sp³-hybridized carbons (Fsp3) is 0.0435. The molecule has 0 amide bonds. The predicted octanol–water partition coefficient (Wildman–Crippen LogP) is 5.56. The van der Waals surface area contributed by atoms with Crippen LogP contribution >= 0.6 is 0 Å². The van der Waals surface area contributed by atoms with Crippen LogP contribution in [0.2, 0.25) is 0 Å². The molecule has 0 aliphatic carbocycles. The second-order valence-electron chi connectivity index (χ2n) is 5.86. The molecule has 0 heterocycles. The molecule has 0 unspecified atom stereocenters. The zero-order chi connectivity index (χ0) is 19.8. The smallest absolute Gasteiger partial charge is 0.330 e. The predicted molar refractivity (Wildman–Crippen MR) is 107 cm³/mol. The van der Waals surface area contributed by atoms with Gasteiger partial charge < -0.3 is 4.74 Å². The van der Waals surface area contributed by atoms with E-state index in [0.717, 1.165) is 6.08 Å². The summed E-state index contributed by atoms with van der Waals surface area (Å²) in [5, 5.41) is 8.55. The van der Waals surface area contributed by atoms with Crippen molar-refractivity contribution in [3.05, 3.63) is 108 Å². The van der Waals surface area contributed by atoms with Crippen LogP contribution in [-0.2, 0) is 16.1 Å². The van der Waals surface area contributed by atoms with E-state index in [-0.39, 0.29) is 12.4 Å². The Kier molecular flexibility index (Phi) is 6.21. The highest BCUT2D eigenvalue weighted by Crippen LogP contribution is 2.29. The fourth-order valence-corrected chi connectivity index (χ4v) is 2.56. The van der Waals surface area contributed by atoms with Gasteiger partial charge in [-0.05, 0) is 18.2 Å². The largest absolute Gasteiger partial charge is 0.458 e. The van der Waals surface area contributed by atoms with Crippen molar-refractivity contribution in [3.8, 4) is 0 Å². The molecule has 5 heteroatoms. The Morgan fingerprint density at radius 2 is 1.54 bits per heavy atom. The molecule has 0 saturated carbocycles. The van der Waals surface area contributed by atoms with Crippen molar-refractivity contribution >= 4 is 23.1 Å². The highest BCUT2D eigenvalue weighted by molar-refractivity contribution is 6.12. The van der Waals surface area contributed by atoms with Gasteiger partial charge in [-0.3, -0.25) is 4.79 Å². The average molecular weight is 370 g/mol. The van der Waals surface area contributed by atoms with E-state index in [2.05, 4.69) is 16.8 Å². The van der Waals surface area contributed by atoms with Crippen molar-refractivity contribution in [2.75, 3.05) is 0 Å². The van der Waals surface area contributed by atoms with E-state index in [1.54, 1.807) is 42.5 Å². The maximum Gasteiger partial charge on any atom is 0.330 e. The Labute approximate surface area is 163 Å². The Balaban J connectivity index is 2.02. The van der Waals surface area contributed by atoms with E-state index in [9.17, 15) is 9.59 Å². The lowest BCUT2D eigenvalue weighted by atomic mass is 9.99. The second-order valence-corrected chi connectivity index (χ2v) is 5.86. The molecule has 0 fully saturated rings. The number of azo groups is 1.